The maximum absolute atomic E-state index is 11.1. The van der Waals surface area contributed by atoms with Gasteiger partial charge >= 0.3 is 5.97 Å². The highest BCUT2D eigenvalue weighted by Crippen LogP contribution is 2.42. The van der Waals surface area contributed by atoms with Crippen LogP contribution in [0.25, 0.3) is 0 Å². The van der Waals surface area contributed by atoms with Crippen molar-refractivity contribution in [3.05, 3.63) is 0 Å². The SMILES string of the molecule is COC(=O)CC1CCC2(CCC(C)O2)O1. The Kier molecular flexibility index (Phi) is 2.98. The van der Waals surface area contributed by atoms with E-state index in [1.54, 1.807) is 0 Å². The van der Waals surface area contributed by atoms with Crippen molar-refractivity contribution in [1.29, 1.82) is 0 Å². The summed E-state index contributed by atoms with van der Waals surface area (Å²) in [5.41, 5.74) is 0. The highest BCUT2D eigenvalue weighted by Gasteiger charge is 2.46. The maximum Gasteiger partial charge on any atom is 0.308 e. The quantitative estimate of drug-likeness (QED) is 0.655. The molecule has 3 atom stereocenters. The fourth-order valence-corrected chi connectivity index (χ4v) is 2.39. The first-order valence-corrected chi connectivity index (χ1v) is 5.56. The molecule has 0 bridgehead atoms. The summed E-state index contributed by atoms with van der Waals surface area (Å²) in [6.07, 6.45) is 4.39. The zero-order chi connectivity index (χ0) is 10.9. The second kappa shape index (κ2) is 4.10. The van der Waals surface area contributed by atoms with Crippen molar-refractivity contribution < 1.29 is 19.0 Å². The van der Waals surface area contributed by atoms with Crippen molar-refractivity contribution >= 4 is 5.97 Å². The average molecular weight is 214 g/mol. The molecule has 4 heteroatoms. The van der Waals surface area contributed by atoms with E-state index in [1.807, 2.05) is 0 Å². The fourth-order valence-electron chi connectivity index (χ4n) is 2.39. The van der Waals surface area contributed by atoms with Gasteiger partial charge in [-0.3, -0.25) is 4.79 Å². The molecule has 0 aromatic rings. The van der Waals surface area contributed by atoms with Crippen molar-refractivity contribution in [2.45, 2.75) is 57.0 Å². The summed E-state index contributed by atoms with van der Waals surface area (Å²) in [5, 5.41) is 0. The number of carbonyl (C=O) groups is 1. The first-order chi connectivity index (χ1) is 7.13. The molecule has 2 saturated heterocycles. The van der Waals surface area contributed by atoms with Crippen molar-refractivity contribution in [1.82, 2.24) is 0 Å². The molecule has 86 valence electrons. The summed E-state index contributed by atoms with van der Waals surface area (Å²) in [5.74, 6) is -0.596. The third kappa shape index (κ3) is 2.32. The second-order valence-electron chi connectivity index (χ2n) is 4.44. The predicted molar refractivity (Wildman–Crippen MR) is 53.3 cm³/mol. The van der Waals surface area contributed by atoms with Crippen molar-refractivity contribution in [2.75, 3.05) is 7.11 Å². The van der Waals surface area contributed by atoms with E-state index in [2.05, 4.69) is 11.7 Å². The number of hydrogen-bond donors (Lipinski definition) is 0. The molecule has 2 aliphatic heterocycles. The van der Waals surface area contributed by atoms with Crippen LogP contribution in [-0.2, 0) is 19.0 Å². The molecule has 0 aromatic carbocycles. The highest BCUT2D eigenvalue weighted by atomic mass is 16.7. The Morgan fingerprint density at radius 2 is 2.13 bits per heavy atom. The van der Waals surface area contributed by atoms with Gasteiger partial charge in [-0.1, -0.05) is 0 Å². The number of ether oxygens (including phenoxy) is 3. The zero-order valence-corrected chi connectivity index (χ0v) is 9.32. The number of hydrogen-bond acceptors (Lipinski definition) is 4. The molecule has 0 radical (unpaired) electrons. The van der Waals surface area contributed by atoms with Crippen LogP contribution in [0.5, 0.6) is 0 Å². The number of rotatable bonds is 2. The van der Waals surface area contributed by atoms with Gasteiger partial charge in [0.2, 0.25) is 0 Å². The van der Waals surface area contributed by atoms with Gasteiger partial charge in [0.05, 0.1) is 25.7 Å². The molecule has 0 N–H and O–H groups in total. The van der Waals surface area contributed by atoms with E-state index < -0.39 is 5.79 Å². The highest BCUT2D eigenvalue weighted by molar-refractivity contribution is 5.69. The molecule has 4 nitrogen and oxygen atoms in total. The molecule has 0 saturated carbocycles. The van der Waals surface area contributed by atoms with E-state index in [4.69, 9.17) is 9.47 Å². The molecule has 2 rings (SSSR count). The van der Waals surface area contributed by atoms with Crippen molar-refractivity contribution in [3.63, 3.8) is 0 Å². The topological polar surface area (TPSA) is 44.8 Å². The van der Waals surface area contributed by atoms with E-state index in [1.165, 1.54) is 7.11 Å². The normalized spacial score (nSPS) is 39.9. The molecule has 2 heterocycles. The van der Waals surface area contributed by atoms with Gasteiger partial charge in [0.15, 0.2) is 5.79 Å². The lowest BCUT2D eigenvalue weighted by atomic mass is 10.1. The molecule has 1 spiro atoms. The van der Waals surface area contributed by atoms with Crippen LogP contribution in [0.3, 0.4) is 0 Å². The van der Waals surface area contributed by atoms with Gasteiger partial charge in [0, 0.05) is 12.8 Å². The minimum atomic E-state index is -0.391. The van der Waals surface area contributed by atoms with Crippen LogP contribution in [0.4, 0.5) is 0 Å². The zero-order valence-electron chi connectivity index (χ0n) is 9.32. The molecule has 2 aliphatic rings. The molecular weight excluding hydrogens is 196 g/mol. The Labute approximate surface area is 89.9 Å². The van der Waals surface area contributed by atoms with Gasteiger partial charge in [-0.05, 0) is 19.8 Å². The van der Waals surface area contributed by atoms with Gasteiger partial charge in [-0.25, -0.2) is 0 Å². The monoisotopic (exact) mass is 214 g/mol. The summed E-state index contributed by atoms with van der Waals surface area (Å²) in [4.78, 5) is 11.1. The number of methoxy groups -OCH3 is 1. The minimum absolute atomic E-state index is 0.0252. The molecule has 15 heavy (non-hydrogen) atoms. The summed E-state index contributed by atoms with van der Waals surface area (Å²) in [7, 11) is 1.40. The van der Waals surface area contributed by atoms with Gasteiger partial charge in [-0.15, -0.1) is 0 Å². The second-order valence-corrected chi connectivity index (χ2v) is 4.44. The molecular formula is C11H18O4. The van der Waals surface area contributed by atoms with Gasteiger partial charge < -0.3 is 14.2 Å². The molecule has 3 unspecified atom stereocenters. The maximum atomic E-state index is 11.1. The van der Waals surface area contributed by atoms with Crippen LogP contribution in [-0.4, -0.2) is 31.1 Å². The van der Waals surface area contributed by atoms with Crippen LogP contribution in [0.15, 0.2) is 0 Å². The first-order valence-electron chi connectivity index (χ1n) is 5.56. The molecule has 2 fully saturated rings. The minimum Gasteiger partial charge on any atom is -0.469 e. The summed E-state index contributed by atoms with van der Waals surface area (Å²) in [6, 6.07) is 0. The van der Waals surface area contributed by atoms with E-state index in [-0.39, 0.29) is 18.2 Å². The number of esters is 1. The summed E-state index contributed by atoms with van der Waals surface area (Å²) < 4.78 is 16.2. The Bertz CT molecular complexity index is 253. The molecule has 0 amide bonds. The largest absolute Gasteiger partial charge is 0.469 e. The Morgan fingerprint density at radius 1 is 1.40 bits per heavy atom. The van der Waals surface area contributed by atoms with Crippen LogP contribution in [0.2, 0.25) is 0 Å². The molecule has 0 aromatic heterocycles. The summed E-state index contributed by atoms with van der Waals surface area (Å²) >= 11 is 0. The lowest BCUT2D eigenvalue weighted by Gasteiger charge is -2.23. The third-order valence-electron chi connectivity index (χ3n) is 3.20. The van der Waals surface area contributed by atoms with Crippen LogP contribution in [0.1, 0.15) is 39.0 Å². The first kappa shape index (κ1) is 10.9. The lowest BCUT2D eigenvalue weighted by molar-refractivity contribution is -0.215. The van der Waals surface area contributed by atoms with Gasteiger partial charge in [-0.2, -0.15) is 0 Å². The van der Waals surface area contributed by atoms with Crippen molar-refractivity contribution in [3.8, 4) is 0 Å². The standard InChI is InChI=1S/C11H18O4/c1-8-3-5-11(14-8)6-4-9(15-11)7-10(12)13-2/h8-9H,3-7H2,1-2H3. The van der Waals surface area contributed by atoms with Crippen LogP contribution >= 0.6 is 0 Å². The number of carbonyl (C=O) groups excluding carboxylic acids is 1. The van der Waals surface area contributed by atoms with Crippen LogP contribution in [0, 0.1) is 0 Å². The third-order valence-corrected chi connectivity index (χ3v) is 3.20. The molecule has 0 aliphatic carbocycles. The van der Waals surface area contributed by atoms with Gasteiger partial charge in [0.25, 0.3) is 0 Å². The average Bonchev–Trinajstić information content (AvgIpc) is 2.75. The lowest BCUT2D eigenvalue weighted by Crippen LogP contribution is -2.29. The van der Waals surface area contributed by atoms with E-state index in [0.29, 0.717) is 6.42 Å². The predicted octanol–water partition coefficient (Wildman–Crippen LogP) is 1.62. The Balaban J connectivity index is 1.86. The fraction of sp³-hybridized carbons (Fsp3) is 0.909. The Hall–Kier alpha value is -0.610. The summed E-state index contributed by atoms with van der Waals surface area (Å²) in [6.45, 7) is 2.06. The van der Waals surface area contributed by atoms with E-state index >= 15 is 0 Å². The van der Waals surface area contributed by atoms with E-state index in [0.717, 1.165) is 25.7 Å². The van der Waals surface area contributed by atoms with Crippen LogP contribution < -0.4 is 0 Å². The van der Waals surface area contributed by atoms with Gasteiger partial charge in [0.1, 0.15) is 0 Å². The van der Waals surface area contributed by atoms with Crippen molar-refractivity contribution in [2.24, 2.45) is 0 Å². The smallest absolute Gasteiger partial charge is 0.308 e. The Morgan fingerprint density at radius 3 is 2.73 bits per heavy atom. The van der Waals surface area contributed by atoms with E-state index in [9.17, 15) is 4.79 Å².